The van der Waals surface area contributed by atoms with Gasteiger partial charge in [-0.1, -0.05) is 48.5 Å². The summed E-state index contributed by atoms with van der Waals surface area (Å²) in [7, 11) is 0. The predicted molar refractivity (Wildman–Crippen MR) is 87.0 cm³/mol. The Hall–Kier alpha value is -0.800. The summed E-state index contributed by atoms with van der Waals surface area (Å²) in [5.74, 6) is 0. The van der Waals surface area contributed by atoms with Crippen molar-refractivity contribution < 1.29 is 4.74 Å². The Labute approximate surface area is 129 Å². The number of aromatic nitrogens is 1. The number of halogens is 1. The molecule has 1 aliphatic rings. The van der Waals surface area contributed by atoms with Crippen LogP contribution >= 0.6 is 15.9 Å². The minimum Gasteiger partial charge on any atom is -0.370 e. The van der Waals surface area contributed by atoms with Gasteiger partial charge in [0.25, 0.3) is 0 Å². The Bertz CT molecular complexity index is 590. The summed E-state index contributed by atoms with van der Waals surface area (Å²) in [6.45, 7) is 4.02. The normalized spacial score (nSPS) is 18.4. The Morgan fingerprint density at radius 1 is 1.25 bits per heavy atom. The Morgan fingerprint density at radius 2 is 2.15 bits per heavy atom. The van der Waals surface area contributed by atoms with E-state index in [-0.39, 0.29) is 0 Å². The average Bonchev–Trinajstić information content (AvgIpc) is 2.80. The van der Waals surface area contributed by atoms with Crippen LogP contribution in [-0.2, 0) is 17.9 Å². The summed E-state index contributed by atoms with van der Waals surface area (Å²) in [5.41, 5.74) is 2.65. The molecular formula is C17H22BrNO. The highest BCUT2D eigenvalue weighted by molar-refractivity contribution is 9.10. The van der Waals surface area contributed by atoms with E-state index in [1.54, 1.807) is 0 Å². The molecule has 1 aliphatic heterocycles. The zero-order valence-electron chi connectivity index (χ0n) is 12.1. The molecule has 0 radical (unpaired) electrons. The molecule has 2 nitrogen and oxygen atoms in total. The molecule has 0 spiro atoms. The van der Waals surface area contributed by atoms with E-state index in [9.17, 15) is 0 Å². The first-order valence-corrected chi connectivity index (χ1v) is 8.46. The van der Waals surface area contributed by atoms with Gasteiger partial charge >= 0.3 is 0 Å². The second-order valence-electron chi connectivity index (χ2n) is 5.73. The van der Waals surface area contributed by atoms with Crippen molar-refractivity contribution in [3.8, 4) is 0 Å². The van der Waals surface area contributed by atoms with Crippen LogP contribution in [0.15, 0.2) is 28.7 Å². The van der Waals surface area contributed by atoms with E-state index in [0.717, 1.165) is 17.6 Å². The molecule has 0 N–H and O–H groups in total. The van der Waals surface area contributed by atoms with Crippen LogP contribution in [-0.4, -0.2) is 10.7 Å². The van der Waals surface area contributed by atoms with Gasteiger partial charge in [-0.15, -0.1) is 0 Å². The summed E-state index contributed by atoms with van der Waals surface area (Å²) >= 11 is 3.55. The summed E-state index contributed by atoms with van der Waals surface area (Å²) in [4.78, 5) is 0. The van der Waals surface area contributed by atoms with E-state index in [2.05, 4.69) is 51.7 Å². The van der Waals surface area contributed by atoms with Gasteiger partial charge in [0, 0.05) is 27.6 Å². The van der Waals surface area contributed by atoms with Crippen LogP contribution in [0.5, 0.6) is 0 Å². The lowest BCUT2D eigenvalue weighted by Crippen LogP contribution is -2.26. The van der Waals surface area contributed by atoms with E-state index < -0.39 is 0 Å². The molecule has 0 saturated carbocycles. The van der Waals surface area contributed by atoms with Gasteiger partial charge in [0.15, 0.2) is 0 Å². The van der Waals surface area contributed by atoms with Gasteiger partial charge in [-0.05, 0) is 30.7 Å². The molecule has 3 heteroatoms. The first-order valence-electron chi connectivity index (χ1n) is 7.67. The summed E-state index contributed by atoms with van der Waals surface area (Å²) < 4.78 is 9.60. The first kappa shape index (κ1) is 14.2. The molecule has 2 heterocycles. The zero-order chi connectivity index (χ0) is 13.9. The topological polar surface area (TPSA) is 14.2 Å². The fraction of sp³-hybridized carbons (Fsp3) is 0.529. The quantitative estimate of drug-likeness (QED) is 0.678. The highest BCUT2D eigenvalue weighted by atomic mass is 79.9. The highest BCUT2D eigenvalue weighted by Crippen LogP contribution is 2.28. The maximum Gasteiger partial charge on any atom is 0.0872 e. The third-order valence-corrected chi connectivity index (χ3v) is 4.68. The van der Waals surface area contributed by atoms with Crippen molar-refractivity contribution in [2.24, 2.45) is 0 Å². The van der Waals surface area contributed by atoms with Crippen LogP contribution in [0, 0.1) is 0 Å². The molecule has 2 aromatic rings. The fourth-order valence-electron chi connectivity index (χ4n) is 3.07. The van der Waals surface area contributed by atoms with Crippen LogP contribution in [0.4, 0.5) is 0 Å². The van der Waals surface area contributed by atoms with Crippen LogP contribution in [0.25, 0.3) is 10.9 Å². The smallest absolute Gasteiger partial charge is 0.0872 e. The number of rotatable bonds is 5. The van der Waals surface area contributed by atoms with Gasteiger partial charge in [0.2, 0.25) is 0 Å². The van der Waals surface area contributed by atoms with Crippen LogP contribution in [0.2, 0.25) is 0 Å². The van der Waals surface area contributed by atoms with Crippen molar-refractivity contribution in [2.75, 3.05) is 0 Å². The Morgan fingerprint density at radius 3 is 3.00 bits per heavy atom. The van der Waals surface area contributed by atoms with Crippen molar-refractivity contribution in [1.29, 1.82) is 0 Å². The monoisotopic (exact) mass is 335 g/mol. The van der Waals surface area contributed by atoms with Crippen molar-refractivity contribution >= 4 is 26.8 Å². The molecule has 0 aliphatic carbocycles. The van der Waals surface area contributed by atoms with Crippen molar-refractivity contribution in [1.82, 2.24) is 4.57 Å². The standard InChI is InChI=1S/C17H22BrNO/c1-2-3-4-5-6-16-11-19-15(12-20-16)10-13-9-14(18)7-8-17(13)19/h7-10,16H,2-6,11-12H2,1H3. The molecule has 1 unspecified atom stereocenters. The third kappa shape index (κ3) is 2.94. The van der Waals surface area contributed by atoms with Gasteiger partial charge in [-0.2, -0.15) is 0 Å². The highest BCUT2D eigenvalue weighted by Gasteiger charge is 2.20. The lowest BCUT2D eigenvalue weighted by Gasteiger charge is -2.26. The second-order valence-corrected chi connectivity index (χ2v) is 6.65. The lowest BCUT2D eigenvalue weighted by atomic mass is 10.1. The van der Waals surface area contributed by atoms with Crippen LogP contribution in [0.1, 0.15) is 44.7 Å². The molecule has 3 rings (SSSR count). The molecule has 1 aromatic heterocycles. The number of unbranched alkanes of at least 4 members (excludes halogenated alkanes) is 3. The number of nitrogens with zero attached hydrogens (tertiary/aromatic N) is 1. The summed E-state index contributed by atoms with van der Waals surface area (Å²) in [6.07, 6.45) is 6.85. The summed E-state index contributed by atoms with van der Waals surface area (Å²) in [5, 5.41) is 1.31. The SMILES string of the molecule is CCCCCCC1Cn2c(cc3cc(Br)ccc32)CO1. The van der Waals surface area contributed by atoms with Gasteiger partial charge in [-0.3, -0.25) is 0 Å². The zero-order valence-corrected chi connectivity index (χ0v) is 13.7. The molecule has 0 amide bonds. The van der Waals surface area contributed by atoms with Gasteiger partial charge in [0.05, 0.1) is 12.7 Å². The van der Waals surface area contributed by atoms with E-state index in [1.807, 2.05) is 0 Å². The maximum absolute atomic E-state index is 6.01. The largest absolute Gasteiger partial charge is 0.370 e. The van der Waals surface area contributed by atoms with E-state index in [0.29, 0.717) is 6.10 Å². The molecule has 1 aromatic carbocycles. The lowest BCUT2D eigenvalue weighted by molar-refractivity contribution is -0.000377. The molecule has 0 bridgehead atoms. The number of fused-ring (bicyclic) bond motifs is 3. The van der Waals surface area contributed by atoms with E-state index in [4.69, 9.17) is 4.74 Å². The third-order valence-electron chi connectivity index (χ3n) is 4.18. The fourth-order valence-corrected chi connectivity index (χ4v) is 3.45. The van der Waals surface area contributed by atoms with Gasteiger partial charge in [0.1, 0.15) is 0 Å². The maximum atomic E-state index is 6.01. The Kier molecular flexibility index (Phi) is 4.47. The number of benzene rings is 1. The van der Waals surface area contributed by atoms with Crippen molar-refractivity contribution in [2.45, 2.75) is 58.3 Å². The minimum atomic E-state index is 0.388. The molecule has 108 valence electrons. The molecule has 1 atom stereocenters. The number of ether oxygens (including phenoxy) is 1. The predicted octanol–water partition coefficient (Wildman–Crippen LogP) is 5.27. The minimum absolute atomic E-state index is 0.388. The van der Waals surface area contributed by atoms with Crippen molar-refractivity contribution in [3.63, 3.8) is 0 Å². The van der Waals surface area contributed by atoms with Gasteiger partial charge in [-0.25, -0.2) is 0 Å². The van der Waals surface area contributed by atoms with Crippen LogP contribution in [0.3, 0.4) is 0 Å². The van der Waals surface area contributed by atoms with E-state index in [1.165, 1.54) is 48.7 Å². The number of hydrogen-bond donors (Lipinski definition) is 0. The first-order chi connectivity index (χ1) is 9.78. The van der Waals surface area contributed by atoms with E-state index >= 15 is 0 Å². The molecular weight excluding hydrogens is 314 g/mol. The van der Waals surface area contributed by atoms with Gasteiger partial charge < -0.3 is 9.30 Å². The summed E-state index contributed by atoms with van der Waals surface area (Å²) in [6, 6.07) is 8.79. The molecule has 20 heavy (non-hydrogen) atoms. The van der Waals surface area contributed by atoms with Crippen molar-refractivity contribution in [3.05, 3.63) is 34.4 Å². The second kappa shape index (κ2) is 6.31. The number of hydrogen-bond acceptors (Lipinski definition) is 1. The van der Waals surface area contributed by atoms with Crippen LogP contribution < -0.4 is 0 Å². The average molecular weight is 336 g/mol. The Balaban J connectivity index is 1.72. The molecule has 0 fully saturated rings. The molecule has 0 saturated heterocycles.